The fraction of sp³-hybridized carbons (Fsp3) is 0.632. The number of benzene rings is 1. The Morgan fingerprint density at radius 3 is 2.00 bits per heavy atom. The van der Waals surface area contributed by atoms with Crippen molar-refractivity contribution in [2.75, 3.05) is 0 Å². The second-order valence-corrected chi connectivity index (χ2v) is 6.26. The molecule has 5 heteroatoms. The number of unbranched alkanes of at least 4 members (excludes halogenated alkanes) is 9. The van der Waals surface area contributed by atoms with Gasteiger partial charge in [0.05, 0.1) is 0 Å². The van der Waals surface area contributed by atoms with Crippen LogP contribution in [0.2, 0.25) is 0 Å². The molecule has 0 unspecified atom stereocenters. The lowest BCUT2D eigenvalue weighted by Gasteiger charge is -2.08. The Morgan fingerprint density at radius 1 is 0.917 bits per heavy atom. The van der Waals surface area contributed by atoms with E-state index < -0.39 is 11.9 Å². The maximum absolute atomic E-state index is 10.6. The van der Waals surface area contributed by atoms with Crippen molar-refractivity contribution in [2.45, 2.75) is 77.6 Å². The topological polar surface area (TPSA) is 87.0 Å². The molecule has 0 atom stereocenters. The van der Waals surface area contributed by atoms with Crippen molar-refractivity contribution in [1.29, 1.82) is 0 Å². The summed E-state index contributed by atoms with van der Waals surface area (Å²) in [5.74, 6) is -1.11. The fourth-order valence-electron chi connectivity index (χ4n) is 2.78. The highest BCUT2D eigenvalue weighted by atomic mass is 16.7. The average molecular weight is 338 g/mol. The summed E-state index contributed by atoms with van der Waals surface area (Å²) >= 11 is 0. The Kier molecular flexibility index (Phi) is 9.73. The van der Waals surface area contributed by atoms with E-state index in [4.69, 9.17) is 5.11 Å². The molecule has 0 aliphatic rings. The van der Waals surface area contributed by atoms with Gasteiger partial charge in [-0.05, 0) is 30.5 Å². The quantitative estimate of drug-likeness (QED) is 0.199. The number of ether oxygens (including phenoxy) is 1. The summed E-state index contributed by atoms with van der Waals surface area (Å²) in [5.41, 5.74) is 0.765. The van der Waals surface area contributed by atoms with Crippen LogP contribution >= 0.6 is 0 Å². The monoisotopic (exact) mass is 338 g/mol. The lowest BCUT2D eigenvalue weighted by atomic mass is 10.0. The molecular weight excluding hydrogens is 308 g/mol. The van der Waals surface area contributed by atoms with Crippen LogP contribution < -0.4 is 4.74 Å². The Labute approximate surface area is 144 Å². The molecule has 24 heavy (non-hydrogen) atoms. The van der Waals surface area contributed by atoms with Gasteiger partial charge in [-0.3, -0.25) is 0 Å². The summed E-state index contributed by atoms with van der Waals surface area (Å²) in [6.45, 7) is 2.23. The number of aryl methyl sites for hydroxylation is 1. The first-order valence-electron chi connectivity index (χ1n) is 9.00. The second kappa shape index (κ2) is 11.6. The van der Waals surface area contributed by atoms with E-state index in [2.05, 4.69) is 11.7 Å². The normalized spacial score (nSPS) is 10.7. The van der Waals surface area contributed by atoms with Gasteiger partial charge >= 0.3 is 6.16 Å². The molecule has 0 spiro atoms. The van der Waals surface area contributed by atoms with Gasteiger partial charge in [0.1, 0.15) is 0 Å². The minimum Gasteiger partial charge on any atom is -0.504 e. The maximum atomic E-state index is 10.6. The number of carbonyl (C=O) groups is 1. The van der Waals surface area contributed by atoms with Gasteiger partial charge in [0, 0.05) is 0 Å². The third-order valence-corrected chi connectivity index (χ3v) is 4.13. The van der Waals surface area contributed by atoms with Crippen LogP contribution in [-0.2, 0) is 6.42 Å². The molecule has 0 amide bonds. The molecule has 1 rings (SSSR count). The minimum atomic E-state index is -1.51. The van der Waals surface area contributed by atoms with Crippen LogP contribution in [-0.4, -0.2) is 21.5 Å². The van der Waals surface area contributed by atoms with Crippen LogP contribution in [0.5, 0.6) is 17.2 Å². The van der Waals surface area contributed by atoms with Gasteiger partial charge in [-0.1, -0.05) is 64.7 Å². The summed E-state index contributed by atoms with van der Waals surface area (Å²) in [4.78, 5) is 10.6. The van der Waals surface area contributed by atoms with Crippen molar-refractivity contribution in [3.8, 4) is 17.2 Å². The SMILES string of the molecule is CCCCCCCCCCCCc1cc(O)c(O)c(OC(=O)O)c1. The van der Waals surface area contributed by atoms with E-state index in [0.29, 0.717) is 0 Å². The Hall–Kier alpha value is -1.91. The van der Waals surface area contributed by atoms with Crippen LogP contribution in [0, 0.1) is 0 Å². The number of carboxylic acid groups (broad SMARTS) is 1. The van der Waals surface area contributed by atoms with Crippen molar-refractivity contribution in [3.05, 3.63) is 17.7 Å². The molecule has 1 aromatic carbocycles. The lowest BCUT2D eigenvalue weighted by molar-refractivity contribution is 0.142. The van der Waals surface area contributed by atoms with E-state index in [0.717, 1.165) is 24.8 Å². The predicted octanol–water partition coefficient (Wildman–Crippen LogP) is 5.62. The average Bonchev–Trinajstić information content (AvgIpc) is 2.53. The second-order valence-electron chi connectivity index (χ2n) is 6.26. The van der Waals surface area contributed by atoms with Crippen molar-refractivity contribution in [1.82, 2.24) is 0 Å². The third kappa shape index (κ3) is 8.09. The van der Waals surface area contributed by atoms with Crippen molar-refractivity contribution < 1.29 is 24.9 Å². The van der Waals surface area contributed by atoms with E-state index in [9.17, 15) is 15.0 Å². The first kappa shape index (κ1) is 20.1. The summed E-state index contributed by atoms with van der Waals surface area (Å²) < 4.78 is 4.47. The van der Waals surface area contributed by atoms with E-state index in [1.165, 1.54) is 63.5 Å². The zero-order valence-electron chi connectivity index (χ0n) is 14.6. The molecule has 3 N–H and O–H groups in total. The number of phenols is 2. The molecule has 0 bridgehead atoms. The van der Waals surface area contributed by atoms with Crippen LogP contribution in [0.15, 0.2) is 12.1 Å². The van der Waals surface area contributed by atoms with Gasteiger partial charge in [-0.15, -0.1) is 0 Å². The predicted molar refractivity (Wildman–Crippen MR) is 94.0 cm³/mol. The van der Waals surface area contributed by atoms with Gasteiger partial charge in [-0.25, -0.2) is 4.79 Å². The molecule has 0 aliphatic heterocycles. The molecule has 0 radical (unpaired) electrons. The van der Waals surface area contributed by atoms with Crippen LogP contribution in [0.25, 0.3) is 0 Å². The molecular formula is C19H30O5. The minimum absolute atomic E-state index is 0.218. The van der Waals surface area contributed by atoms with Gasteiger partial charge < -0.3 is 20.1 Å². The third-order valence-electron chi connectivity index (χ3n) is 4.13. The number of rotatable bonds is 12. The van der Waals surface area contributed by atoms with E-state index in [1.54, 1.807) is 0 Å². The van der Waals surface area contributed by atoms with Gasteiger partial charge in [0.15, 0.2) is 11.5 Å². The standard InChI is InChI=1S/C19H30O5/c1-2-3-4-5-6-7-8-9-10-11-12-15-13-16(20)18(21)17(14-15)24-19(22)23/h13-14,20-21H,2-12H2,1H3,(H,22,23). The molecule has 1 aromatic rings. The van der Waals surface area contributed by atoms with Crippen LogP contribution in [0.1, 0.15) is 76.7 Å². The number of hydrogen-bond donors (Lipinski definition) is 3. The van der Waals surface area contributed by atoms with Crippen LogP contribution in [0.4, 0.5) is 4.79 Å². The highest BCUT2D eigenvalue weighted by Gasteiger charge is 2.13. The van der Waals surface area contributed by atoms with Crippen molar-refractivity contribution >= 4 is 6.16 Å². The number of phenolic OH excluding ortho intramolecular Hbond substituents is 2. The number of aromatic hydroxyl groups is 2. The summed E-state index contributed by atoms with van der Waals surface area (Å²) in [6.07, 6.45) is 11.6. The molecule has 0 heterocycles. The zero-order valence-corrected chi connectivity index (χ0v) is 14.6. The summed E-state index contributed by atoms with van der Waals surface area (Å²) in [5, 5.41) is 27.8. The first-order chi connectivity index (χ1) is 11.5. The molecule has 5 nitrogen and oxygen atoms in total. The van der Waals surface area contributed by atoms with E-state index >= 15 is 0 Å². The highest BCUT2D eigenvalue weighted by molar-refractivity contribution is 5.65. The van der Waals surface area contributed by atoms with Crippen LogP contribution in [0.3, 0.4) is 0 Å². The van der Waals surface area contributed by atoms with Gasteiger partial charge in [0.2, 0.25) is 5.75 Å². The summed E-state index contributed by atoms with van der Waals surface area (Å²) in [7, 11) is 0. The Morgan fingerprint density at radius 2 is 1.46 bits per heavy atom. The van der Waals surface area contributed by atoms with Gasteiger partial charge in [0.25, 0.3) is 0 Å². The molecule has 0 saturated carbocycles. The Bertz CT molecular complexity index is 499. The molecule has 0 fully saturated rings. The largest absolute Gasteiger partial charge is 0.511 e. The number of hydrogen-bond acceptors (Lipinski definition) is 4. The molecule has 0 aliphatic carbocycles. The first-order valence-corrected chi connectivity index (χ1v) is 9.00. The summed E-state index contributed by atoms with van der Waals surface area (Å²) in [6, 6.07) is 2.93. The molecule has 136 valence electrons. The van der Waals surface area contributed by atoms with Crippen molar-refractivity contribution in [3.63, 3.8) is 0 Å². The molecule has 0 saturated heterocycles. The van der Waals surface area contributed by atoms with E-state index in [-0.39, 0.29) is 11.5 Å². The van der Waals surface area contributed by atoms with Crippen molar-refractivity contribution in [2.24, 2.45) is 0 Å². The van der Waals surface area contributed by atoms with E-state index in [1.807, 2.05) is 0 Å². The lowest BCUT2D eigenvalue weighted by Crippen LogP contribution is -2.03. The smallest absolute Gasteiger partial charge is 0.504 e. The zero-order chi connectivity index (χ0) is 17.8. The maximum Gasteiger partial charge on any atom is 0.511 e. The van der Waals surface area contributed by atoms with Gasteiger partial charge in [-0.2, -0.15) is 0 Å². The Balaban J connectivity index is 2.23. The molecule has 0 aromatic heterocycles. The fourth-order valence-corrected chi connectivity index (χ4v) is 2.78. The highest BCUT2D eigenvalue weighted by Crippen LogP contribution is 2.37.